The molecule has 2 aliphatic heterocycles. The fourth-order valence-electron chi connectivity index (χ4n) is 3.31. The largest absolute Gasteiger partial charge is 0.376 e. The molecule has 28 heavy (non-hydrogen) atoms. The molecule has 4 heterocycles. The Balaban J connectivity index is 1.36. The number of nitrogens with one attached hydrogen (secondary N) is 1. The molecule has 2 saturated heterocycles. The molecule has 150 valence electrons. The summed E-state index contributed by atoms with van der Waals surface area (Å²) < 4.78 is 6.35. The highest BCUT2D eigenvalue weighted by molar-refractivity contribution is 8.01. The molecule has 2 aliphatic rings. The Morgan fingerprint density at radius 3 is 2.93 bits per heavy atom. The van der Waals surface area contributed by atoms with Crippen LogP contribution in [0.25, 0.3) is 0 Å². The van der Waals surface area contributed by atoms with Crippen molar-refractivity contribution in [2.45, 2.75) is 47.6 Å². The van der Waals surface area contributed by atoms with E-state index in [0.717, 1.165) is 61.4 Å². The summed E-state index contributed by atoms with van der Waals surface area (Å²) in [6.45, 7) is 3.19. The summed E-state index contributed by atoms with van der Waals surface area (Å²) in [6, 6.07) is 1.70. The lowest BCUT2D eigenvalue weighted by atomic mass is 10.1. The predicted molar refractivity (Wildman–Crippen MR) is 110 cm³/mol. The minimum Gasteiger partial charge on any atom is -0.376 e. The molecule has 10 heteroatoms. The second-order valence-electron chi connectivity index (χ2n) is 6.85. The molecule has 4 rings (SSSR count). The van der Waals surface area contributed by atoms with Crippen LogP contribution in [0, 0.1) is 0 Å². The molecular formula is C18H22ClN5O2S2. The number of ether oxygens (including phenoxy) is 1. The van der Waals surface area contributed by atoms with Gasteiger partial charge in [-0.25, -0.2) is 4.98 Å². The van der Waals surface area contributed by atoms with Crippen molar-refractivity contribution < 1.29 is 9.53 Å². The summed E-state index contributed by atoms with van der Waals surface area (Å²) >= 11 is 9.19. The monoisotopic (exact) mass is 439 g/mol. The number of piperidine rings is 1. The van der Waals surface area contributed by atoms with Gasteiger partial charge in [0.15, 0.2) is 4.34 Å². The van der Waals surface area contributed by atoms with E-state index in [-0.39, 0.29) is 12.0 Å². The van der Waals surface area contributed by atoms with Gasteiger partial charge in [-0.3, -0.25) is 4.79 Å². The van der Waals surface area contributed by atoms with E-state index in [1.165, 1.54) is 29.5 Å². The summed E-state index contributed by atoms with van der Waals surface area (Å²) in [5, 5.41) is 13.4. The van der Waals surface area contributed by atoms with Crippen LogP contribution < -0.4 is 5.32 Å². The highest BCUT2D eigenvalue weighted by atomic mass is 35.5. The first-order valence-corrected chi connectivity index (χ1v) is 11.5. The van der Waals surface area contributed by atoms with Crippen LogP contribution in [0.5, 0.6) is 0 Å². The third kappa shape index (κ3) is 4.94. The molecule has 7 nitrogen and oxygen atoms in total. The summed E-state index contributed by atoms with van der Waals surface area (Å²) in [5.41, 5.74) is 0.535. The van der Waals surface area contributed by atoms with E-state index in [1.54, 1.807) is 12.3 Å². The van der Waals surface area contributed by atoms with E-state index in [0.29, 0.717) is 15.6 Å². The summed E-state index contributed by atoms with van der Waals surface area (Å²) in [7, 11) is 0. The number of carbonyl (C=O) groups is 1. The first-order valence-electron chi connectivity index (χ1n) is 9.51. The standard InChI is InChI=1S/C18H22ClN5O2S2/c19-14-9-12(16(25)24-6-2-1-3-7-24)10-20-15(14)27-18-23-22-17(28-18)21-11-13-5-4-8-26-13/h9-10,13H,1-8,11H2,(H,21,22). The normalized spacial score (nSPS) is 19.8. The van der Waals surface area contributed by atoms with Crippen LogP contribution in [0.1, 0.15) is 42.5 Å². The maximum atomic E-state index is 12.6. The maximum Gasteiger partial charge on any atom is 0.255 e. The topological polar surface area (TPSA) is 80.2 Å². The molecule has 0 aliphatic carbocycles. The molecule has 0 aromatic carbocycles. The fourth-order valence-corrected chi connectivity index (χ4v) is 5.22. The minimum absolute atomic E-state index is 0.00202. The van der Waals surface area contributed by atoms with Gasteiger partial charge in [-0.05, 0) is 49.9 Å². The Kier molecular flexibility index (Phi) is 6.66. The van der Waals surface area contributed by atoms with Gasteiger partial charge in [0.25, 0.3) is 5.91 Å². The Morgan fingerprint density at radius 1 is 1.32 bits per heavy atom. The SMILES string of the molecule is O=C(c1cnc(Sc2nnc(NCC3CCCO3)s2)c(Cl)c1)N1CCCCC1. The molecule has 1 amide bonds. The van der Waals surface area contributed by atoms with Crippen LogP contribution in [0.3, 0.4) is 0 Å². The summed E-state index contributed by atoms with van der Waals surface area (Å²) in [5.74, 6) is 0.00202. The second-order valence-corrected chi connectivity index (χ2v) is 9.48. The Bertz CT molecular complexity index is 822. The van der Waals surface area contributed by atoms with Crippen LogP contribution in [-0.4, -0.2) is 58.3 Å². The van der Waals surface area contributed by atoms with Crippen molar-refractivity contribution >= 4 is 45.7 Å². The lowest BCUT2D eigenvalue weighted by Crippen LogP contribution is -2.35. The van der Waals surface area contributed by atoms with E-state index in [2.05, 4.69) is 20.5 Å². The van der Waals surface area contributed by atoms with Gasteiger partial charge in [0.2, 0.25) is 5.13 Å². The van der Waals surface area contributed by atoms with Gasteiger partial charge >= 0.3 is 0 Å². The minimum atomic E-state index is 0.00202. The zero-order valence-electron chi connectivity index (χ0n) is 15.4. The predicted octanol–water partition coefficient (Wildman–Crippen LogP) is 3.95. The van der Waals surface area contributed by atoms with E-state index in [9.17, 15) is 4.79 Å². The third-order valence-corrected chi connectivity index (χ3v) is 7.14. The zero-order valence-corrected chi connectivity index (χ0v) is 17.8. The van der Waals surface area contributed by atoms with Crippen molar-refractivity contribution in [3.05, 3.63) is 22.8 Å². The first kappa shape index (κ1) is 19.9. The lowest BCUT2D eigenvalue weighted by molar-refractivity contribution is 0.0724. The average molecular weight is 440 g/mol. The van der Waals surface area contributed by atoms with Crippen molar-refractivity contribution in [1.82, 2.24) is 20.1 Å². The van der Waals surface area contributed by atoms with Crippen molar-refractivity contribution in [3.63, 3.8) is 0 Å². The van der Waals surface area contributed by atoms with Gasteiger partial charge in [-0.15, -0.1) is 10.2 Å². The second kappa shape index (κ2) is 9.39. The number of nitrogens with zero attached hydrogens (tertiary/aromatic N) is 4. The Hall–Kier alpha value is -1.42. The van der Waals surface area contributed by atoms with Gasteiger partial charge in [0.1, 0.15) is 5.03 Å². The van der Waals surface area contributed by atoms with Gasteiger partial charge in [-0.2, -0.15) is 0 Å². The van der Waals surface area contributed by atoms with Gasteiger partial charge < -0.3 is 15.0 Å². The fraction of sp³-hybridized carbons (Fsp3) is 0.556. The van der Waals surface area contributed by atoms with Crippen LogP contribution in [0.2, 0.25) is 5.02 Å². The number of halogens is 1. The summed E-state index contributed by atoms with van der Waals surface area (Å²) in [6.07, 6.45) is 7.34. The molecule has 0 radical (unpaired) electrons. The van der Waals surface area contributed by atoms with Crippen molar-refractivity contribution in [2.75, 3.05) is 31.6 Å². The highest BCUT2D eigenvalue weighted by Gasteiger charge is 2.20. The van der Waals surface area contributed by atoms with E-state index in [4.69, 9.17) is 16.3 Å². The molecular weight excluding hydrogens is 418 g/mol. The van der Waals surface area contributed by atoms with Gasteiger partial charge in [0, 0.05) is 32.4 Å². The number of aromatic nitrogens is 3. The maximum absolute atomic E-state index is 12.6. The number of amides is 1. The van der Waals surface area contributed by atoms with E-state index >= 15 is 0 Å². The van der Waals surface area contributed by atoms with E-state index < -0.39 is 0 Å². The smallest absolute Gasteiger partial charge is 0.255 e. The Labute approximate surface area is 177 Å². The Morgan fingerprint density at radius 2 is 2.18 bits per heavy atom. The highest BCUT2D eigenvalue weighted by Crippen LogP contribution is 2.35. The quantitative estimate of drug-likeness (QED) is 0.729. The van der Waals surface area contributed by atoms with Crippen LogP contribution in [0.4, 0.5) is 5.13 Å². The average Bonchev–Trinajstić information content (AvgIpc) is 3.40. The number of hydrogen-bond donors (Lipinski definition) is 1. The van der Waals surface area contributed by atoms with Gasteiger partial charge in [0.05, 0.1) is 16.7 Å². The molecule has 2 aromatic rings. The molecule has 0 saturated carbocycles. The molecule has 1 unspecified atom stereocenters. The van der Waals surface area contributed by atoms with Crippen molar-refractivity contribution in [1.29, 1.82) is 0 Å². The third-order valence-electron chi connectivity index (χ3n) is 4.79. The number of pyridine rings is 1. The zero-order chi connectivity index (χ0) is 19.3. The molecule has 2 aromatic heterocycles. The summed E-state index contributed by atoms with van der Waals surface area (Å²) in [4.78, 5) is 18.9. The molecule has 0 spiro atoms. The lowest BCUT2D eigenvalue weighted by Gasteiger charge is -2.26. The van der Waals surface area contributed by atoms with Crippen LogP contribution >= 0.6 is 34.7 Å². The van der Waals surface area contributed by atoms with E-state index in [1.807, 2.05) is 4.90 Å². The molecule has 1 N–H and O–H groups in total. The van der Waals surface area contributed by atoms with Crippen molar-refractivity contribution in [3.8, 4) is 0 Å². The van der Waals surface area contributed by atoms with Gasteiger partial charge in [-0.1, -0.05) is 22.9 Å². The number of carbonyl (C=O) groups excluding carboxylic acids is 1. The van der Waals surface area contributed by atoms with Crippen LogP contribution in [0.15, 0.2) is 21.6 Å². The number of anilines is 1. The van der Waals surface area contributed by atoms with Crippen LogP contribution in [-0.2, 0) is 4.74 Å². The molecule has 0 bridgehead atoms. The van der Waals surface area contributed by atoms with Crippen molar-refractivity contribution in [2.24, 2.45) is 0 Å². The first-order chi connectivity index (χ1) is 13.7. The molecule has 1 atom stereocenters. The molecule has 2 fully saturated rings. The number of likely N-dealkylation sites (tertiary alicyclic amines) is 1. The number of hydrogen-bond acceptors (Lipinski definition) is 8. The number of rotatable bonds is 6.